The van der Waals surface area contributed by atoms with E-state index in [0.717, 1.165) is 0 Å². The molecule has 0 saturated carbocycles. The zero-order chi connectivity index (χ0) is 13.9. The third-order valence-electron chi connectivity index (χ3n) is 3.87. The minimum Gasteiger partial charge on any atom is -0.350 e. The van der Waals surface area contributed by atoms with Gasteiger partial charge in [-0.25, -0.2) is 0 Å². The molecule has 0 radical (unpaired) electrons. The topological polar surface area (TPSA) is 6.48 Å². The SMILES string of the molecule is CCCCCCCCCCCCN1C=CN(C)C1Br. The highest BCUT2D eigenvalue weighted by molar-refractivity contribution is 9.09. The molecule has 0 N–H and O–H groups in total. The molecule has 1 aliphatic heterocycles. The summed E-state index contributed by atoms with van der Waals surface area (Å²) in [6, 6.07) is 0. The summed E-state index contributed by atoms with van der Waals surface area (Å²) >= 11 is 3.68. The molecule has 112 valence electrons. The number of alkyl halides is 1. The monoisotopic (exact) mass is 330 g/mol. The minimum absolute atomic E-state index is 0.367. The van der Waals surface area contributed by atoms with E-state index in [1.165, 1.54) is 70.8 Å². The molecular weight excluding hydrogens is 300 g/mol. The fraction of sp³-hybridized carbons (Fsp3) is 0.875. The van der Waals surface area contributed by atoms with Crippen molar-refractivity contribution < 1.29 is 0 Å². The summed E-state index contributed by atoms with van der Waals surface area (Å²) in [6.45, 7) is 3.46. The molecule has 0 amide bonds. The van der Waals surface area contributed by atoms with Gasteiger partial charge >= 0.3 is 0 Å². The van der Waals surface area contributed by atoms with E-state index < -0.39 is 0 Å². The van der Waals surface area contributed by atoms with Gasteiger partial charge in [-0.15, -0.1) is 0 Å². The standard InChI is InChI=1S/C16H31BrN2/c1-3-4-5-6-7-8-9-10-11-12-13-19-15-14-18(2)16(19)17/h14-16H,3-13H2,1-2H3. The Morgan fingerprint density at radius 1 is 0.842 bits per heavy atom. The molecule has 0 aromatic carbocycles. The Morgan fingerprint density at radius 2 is 1.37 bits per heavy atom. The van der Waals surface area contributed by atoms with E-state index in [-0.39, 0.29) is 0 Å². The van der Waals surface area contributed by atoms with Crippen LogP contribution in [0.3, 0.4) is 0 Å². The highest BCUT2D eigenvalue weighted by Gasteiger charge is 2.18. The van der Waals surface area contributed by atoms with Gasteiger partial charge in [0.05, 0.1) is 0 Å². The summed E-state index contributed by atoms with van der Waals surface area (Å²) in [5.41, 5.74) is 0. The van der Waals surface area contributed by atoms with Crippen molar-refractivity contribution in [2.45, 2.75) is 76.2 Å². The van der Waals surface area contributed by atoms with Gasteiger partial charge in [0.15, 0.2) is 5.08 Å². The van der Waals surface area contributed by atoms with Crippen LogP contribution in [0.5, 0.6) is 0 Å². The van der Waals surface area contributed by atoms with Gasteiger partial charge < -0.3 is 9.80 Å². The average Bonchev–Trinajstić information content (AvgIpc) is 2.73. The Kier molecular flexibility index (Phi) is 9.40. The molecule has 0 saturated heterocycles. The number of nitrogens with zero attached hydrogens (tertiary/aromatic N) is 2. The van der Waals surface area contributed by atoms with Crippen molar-refractivity contribution in [3.63, 3.8) is 0 Å². The predicted molar refractivity (Wildman–Crippen MR) is 88.2 cm³/mol. The Morgan fingerprint density at radius 3 is 1.84 bits per heavy atom. The van der Waals surface area contributed by atoms with Gasteiger partial charge in [-0.1, -0.05) is 64.7 Å². The number of rotatable bonds is 11. The largest absolute Gasteiger partial charge is 0.350 e. The number of unbranched alkanes of at least 4 members (excludes halogenated alkanes) is 9. The molecule has 0 aromatic heterocycles. The van der Waals surface area contributed by atoms with Crippen LogP contribution in [-0.4, -0.2) is 28.5 Å². The molecule has 3 heteroatoms. The van der Waals surface area contributed by atoms with Gasteiger partial charge in [0.2, 0.25) is 0 Å². The van der Waals surface area contributed by atoms with Crippen LogP contribution in [0.1, 0.15) is 71.1 Å². The summed E-state index contributed by atoms with van der Waals surface area (Å²) in [5, 5.41) is 0.367. The van der Waals surface area contributed by atoms with E-state index >= 15 is 0 Å². The fourth-order valence-corrected chi connectivity index (χ4v) is 3.01. The van der Waals surface area contributed by atoms with Crippen LogP contribution in [0, 0.1) is 0 Å². The van der Waals surface area contributed by atoms with Crippen LogP contribution in [-0.2, 0) is 0 Å². The molecular formula is C16H31BrN2. The number of hydrogen-bond acceptors (Lipinski definition) is 2. The maximum Gasteiger partial charge on any atom is 0.158 e. The maximum absolute atomic E-state index is 3.68. The van der Waals surface area contributed by atoms with E-state index in [2.05, 4.69) is 52.1 Å². The van der Waals surface area contributed by atoms with E-state index in [9.17, 15) is 0 Å². The van der Waals surface area contributed by atoms with Crippen LogP contribution in [0.4, 0.5) is 0 Å². The first kappa shape index (κ1) is 16.9. The fourth-order valence-electron chi connectivity index (χ4n) is 2.53. The third kappa shape index (κ3) is 7.24. The second kappa shape index (κ2) is 10.6. The van der Waals surface area contributed by atoms with Crippen molar-refractivity contribution in [3.05, 3.63) is 12.4 Å². The smallest absolute Gasteiger partial charge is 0.158 e. The highest BCUT2D eigenvalue weighted by atomic mass is 79.9. The number of halogens is 1. The van der Waals surface area contributed by atoms with Crippen molar-refractivity contribution in [2.75, 3.05) is 13.6 Å². The molecule has 1 rings (SSSR count). The predicted octanol–water partition coefficient (Wildman–Crippen LogP) is 5.30. The lowest BCUT2D eigenvalue weighted by Gasteiger charge is -2.25. The van der Waals surface area contributed by atoms with Crippen LogP contribution >= 0.6 is 15.9 Å². The normalized spacial score (nSPS) is 18.6. The molecule has 0 fully saturated rings. The lowest BCUT2D eigenvalue weighted by Crippen LogP contribution is -2.31. The van der Waals surface area contributed by atoms with Crippen molar-refractivity contribution in [3.8, 4) is 0 Å². The minimum atomic E-state index is 0.367. The van der Waals surface area contributed by atoms with Crippen LogP contribution < -0.4 is 0 Å². The van der Waals surface area contributed by atoms with Crippen LogP contribution in [0.2, 0.25) is 0 Å². The molecule has 0 bridgehead atoms. The van der Waals surface area contributed by atoms with E-state index in [4.69, 9.17) is 0 Å². The summed E-state index contributed by atoms with van der Waals surface area (Å²) in [4.78, 5) is 4.56. The van der Waals surface area contributed by atoms with Gasteiger partial charge in [-0.05, 0) is 22.4 Å². The molecule has 1 aliphatic rings. The molecule has 1 heterocycles. The van der Waals surface area contributed by atoms with E-state index in [1.807, 2.05) is 0 Å². The first-order valence-electron chi connectivity index (χ1n) is 8.05. The summed E-state index contributed by atoms with van der Waals surface area (Å²) < 4.78 is 0. The Hall–Kier alpha value is -0.180. The zero-order valence-corrected chi connectivity index (χ0v) is 14.4. The maximum atomic E-state index is 3.68. The Bertz CT molecular complexity index is 243. The quantitative estimate of drug-likeness (QED) is 0.288. The van der Waals surface area contributed by atoms with Crippen molar-refractivity contribution in [2.24, 2.45) is 0 Å². The summed E-state index contributed by atoms with van der Waals surface area (Å²) in [5.74, 6) is 0. The second-order valence-corrected chi connectivity index (χ2v) is 6.51. The van der Waals surface area contributed by atoms with Crippen molar-refractivity contribution in [1.29, 1.82) is 0 Å². The van der Waals surface area contributed by atoms with Crippen molar-refractivity contribution in [1.82, 2.24) is 9.80 Å². The van der Waals surface area contributed by atoms with Gasteiger partial charge in [-0.2, -0.15) is 0 Å². The highest BCUT2D eigenvalue weighted by Crippen LogP contribution is 2.20. The van der Waals surface area contributed by atoms with Crippen molar-refractivity contribution >= 4 is 15.9 Å². The Balaban J connectivity index is 1.83. The van der Waals surface area contributed by atoms with Gasteiger partial charge in [0.25, 0.3) is 0 Å². The van der Waals surface area contributed by atoms with E-state index in [0.29, 0.717) is 5.08 Å². The first-order chi connectivity index (χ1) is 9.25. The van der Waals surface area contributed by atoms with Gasteiger partial charge in [0, 0.05) is 26.0 Å². The van der Waals surface area contributed by atoms with E-state index in [1.54, 1.807) is 0 Å². The molecule has 2 nitrogen and oxygen atoms in total. The lowest BCUT2D eigenvalue weighted by molar-refractivity contribution is 0.264. The molecule has 19 heavy (non-hydrogen) atoms. The zero-order valence-electron chi connectivity index (χ0n) is 12.8. The molecule has 0 aromatic rings. The van der Waals surface area contributed by atoms with Gasteiger partial charge in [-0.3, -0.25) is 0 Å². The summed E-state index contributed by atoms with van der Waals surface area (Å²) in [7, 11) is 2.11. The Labute approximate surface area is 128 Å². The molecule has 1 unspecified atom stereocenters. The number of hydrogen-bond donors (Lipinski definition) is 0. The average molecular weight is 331 g/mol. The van der Waals surface area contributed by atoms with Crippen LogP contribution in [0.15, 0.2) is 12.4 Å². The molecule has 1 atom stereocenters. The summed E-state index contributed by atoms with van der Waals surface area (Å²) in [6.07, 6.45) is 18.4. The van der Waals surface area contributed by atoms with Crippen LogP contribution in [0.25, 0.3) is 0 Å². The molecule has 0 aliphatic carbocycles. The van der Waals surface area contributed by atoms with Gasteiger partial charge in [0.1, 0.15) is 0 Å². The molecule has 0 spiro atoms. The lowest BCUT2D eigenvalue weighted by atomic mass is 10.1. The second-order valence-electron chi connectivity index (χ2n) is 5.69. The first-order valence-corrected chi connectivity index (χ1v) is 8.97. The third-order valence-corrected chi connectivity index (χ3v) is 5.04.